The molecule has 0 spiro atoms. The zero-order chi connectivity index (χ0) is 13.5. The molecule has 0 radical (unpaired) electrons. The molecule has 6 heteroatoms. The van der Waals surface area contributed by atoms with E-state index in [1.165, 1.54) is 0 Å². The van der Waals surface area contributed by atoms with Crippen LogP contribution in [0, 0.1) is 0 Å². The average Bonchev–Trinajstić information content (AvgIpc) is 2.23. The van der Waals surface area contributed by atoms with Crippen molar-refractivity contribution in [2.24, 2.45) is 0 Å². The highest BCUT2D eigenvalue weighted by Gasteiger charge is 2.16. The molecule has 5 nitrogen and oxygen atoms in total. The fourth-order valence-corrected chi connectivity index (χ4v) is 2.56. The van der Waals surface area contributed by atoms with Gasteiger partial charge < -0.3 is 10.0 Å². The summed E-state index contributed by atoms with van der Waals surface area (Å²) in [6.07, 6.45) is 0.655. The van der Waals surface area contributed by atoms with E-state index in [4.69, 9.17) is 5.11 Å². The van der Waals surface area contributed by atoms with Gasteiger partial charge in [-0.25, -0.2) is 8.42 Å². The summed E-state index contributed by atoms with van der Waals surface area (Å²) in [5.41, 5.74) is 0. The van der Waals surface area contributed by atoms with Crippen LogP contribution >= 0.6 is 0 Å². The van der Waals surface area contributed by atoms with Crippen molar-refractivity contribution in [3.8, 4) is 0 Å². The van der Waals surface area contributed by atoms with Crippen LogP contribution in [0.2, 0.25) is 0 Å². The molecule has 1 N–H and O–H groups in total. The summed E-state index contributed by atoms with van der Waals surface area (Å²) in [6.45, 7) is 6.81. The fourth-order valence-electron chi connectivity index (χ4n) is 1.70. The van der Waals surface area contributed by atoms with E-state index in [1.807, 2.05) is 18.7 Å². The summed E-state index contributed by atoms with van der Waals surface area (Å²) in [6, 6.07) is -0.0539. The normalized spacial score (nSPS) is 13.9. The summed E-state index contributed by atoms with van der Waals surface area (Å²) in [5.74, 6) is -0.471. The zero-order valence-corrected chi connectivity index (χ0v) is 11.7. The quantitative estimate of drug-likeness (QED) is 0.673. The Morgan fingerprint density at radius 1 is 1.35 bits per heavy atom. The molecule has 0 saturated heterocycles. The maximum atomic E-state index is 11.3. The Bertz CT molecular complexity index is 326. The van der Waals surface area contributed by atoms with Crippen LogP contribution in [0.15, 0.2) is 0 Å². The number of carboxylic acids is 1. The molecule has 1 atom stereocenters. The van der Waals surface area contributed by atoms with Crippen molar-refractivity contribution in [3.05, 3.63) is 0 Å². The van der Waals surface area contributed by atoms with Gasteiger partial charge in [0.1, 0.15) is 9.84 Å². The van der Waals surface area contributed by atoms with Crippen molar-refractivity contribution in [2.75, 3.05) is 24.6 Å². The van der Waals surface area contributed by atoms with E-state index in [2.05, 4.69) is 0 Å². The topological polar surface area (TPSA) is 74.7 Å². The van der Waals surface area contributed by atoms with Crippen LogP contribution in [0.5, 0.6) is 0 Å². The van der Waals surface area contributed by atoms with E-state index in [0.717, 1.165) is 6.54 Å². The Morgan fingerprint density at radius 3 is 2.35 bits per heavy atom. The van der Waals surface area contributed by atoms with Gasteiger partial charge in [-0.1, -0.05) is 13.8 Å². The second-order valence-electron chi connectivity index (χ2n) is 4.17. The van der Waals surface area contributed by atoms with Crippen molar-refractivity contribution in [2.45, 2.75) is 39.7 Å². The lowest BCUT2D eigenvalue weighted by molar-refractivity contribution is -0.138. The van der Waals surface area contributed by atoms with Gasteiger partial charge in [-0.3, -0.25) is 4.79 Å². The lowest BCUT2D eigenvalue weighted by Gasteiger charge is -2.26. The largest absolute Gasteiger partial charge is 0.481 e. The van der Waals surface area contributed by atoms with E-state index in [-0.39, 0.29) is 24.0 Å². The van der Waals surface area contributed by atoms with Gasteiger partial charge in [0.25, 0.3) is 0 Å². The lowest BCUT2D eigenvalue weighted by atomic mass is 10.2. The van der Waals surface area contributed by atoms with Gasteiger partial charge in [0.2, 0.25) is 0 Å². The predicted octanol–water partition coefficient (Wildman–Crippen LogP) is 0.996. The van der Waals surface area contributed by atoms with Crippen LogP contribution in [0.4, 0.5) is 0 Å². The molecule has 0 amide bonds. The first-order valence-electron chi connectivity index (χ1n) is 5.98. The highest BCUT2D eigenvalue weighted by atomic mass is 32.2. The maximum Gasteiger partial charge on any atom is 0.304 e. The van der Waals surface area contributed by atoms with Crippen molar-refractivity contribution in [1.82, 2.24) is 4.90 Å². The monoisotopic (exact) mass is 265 g/mol. The second-order valence-corrected chi connectivity index (χ2v) is 6.64. The number of hydrogen-bond acceptors (Lipinski definition) is 4. The van der Waals surface area contributed by atoms with Gasteiger partial charge >= 0.3 is 5.97 Å². The number of sulfone groups is 1. The van der Waals surface area contributed by atoms with Crippen LogP contribution < -0.4 is 0 Å². The number of carbonyl (C=O) groups is 1. The summed E-state index contributed by atoms with van der Waals surface area (Å²) >= 11 is 0. The van der Waals surface area contributed by atoms with E-state index in [0.29, 0.717) is 13.0 Å². The van der Waals surface area contributed by atoms with Gasteiger partial charge in [-0.15, -0.1) is 0 Å². The Kier molecular flexibility index (Phi) is 7.38. The SMILES string of the molecule is CCN(CCCS(=O)(=O)CC)C(C)CC(=O)O. The standard InChI is InChI=1S/C11H23NO4S/c1-4-12(10(3)9-11(13)14)7-6-8-17(15,16)5-2/h10H,4-9H2,1-3H3,(H,13,14). The molecular formula is C11H23NO4S. The van der Waals surface area contributed by atoms with Crippen molar-refractivity contribution in [1.29, 1.82) is 0 Å². The Balaban J connectivity index is 4.10. The van der Waals surface area contributed by atoms with E-state index in [1.54, 1.807) is 6.92 Å². The molecule has 102 valence electrons. The first-order valence-corrected chi connectivity index (χ1v) is 7.80. The third kappa shape index (κ3) is 7.33. The molecule has 0 aliphatic rings. The first kappa shape index (κ1) is 16.4. The second kappa shape index (κ2) is 7.66. The molecule has 1 unspecified atom stereocenters. The molecule has 0 aliphatic heterocycles. The minimum absolute atomic E-state index is 0.0539. The Morgan fingerprint density at radius 2 is 1.94 bits per heavy atom. The molecule has 17 heavy (non-hydrogen) atoms. The maximum absolute atomic E-state index is 11.3. The number of nitrogens with zero attached hydrogens (tertiary/aromatic N) is 1. The van der Waals surface area contributed by atoms with Crippen LogP contribution in [-0.4, -0.2) is 55.0 Å². The minimum atomic E-state index is -2.92. The third-order valence-corrected chi connectivity index (χ3v) is 4.63. The van der Waals surface area contributed by atoms with Gasteiger partial charge in [0.05, 0.1) is 12.2 Å². The van der Waals surface area contributed by atoms with Gasteiger partial charge in [-0.05, 0) is 26.4 Å². The van der Waals surface area contributed by atoms with Crippen molar-refractivity contribution >= 4 is 15.8 Å². The van der Waals surface area contributed by atoms with E-state index < -0.39 is 15.8 Å². The Labute approximate surface area is 104 Å². The highest BCUT2D eigenvalue weighted by Crippen LogP contribution is 2.05. The van der Waals surface area contributed by atoms with Gasteiger partial charge in [0, 0.05) is 11.8 Å². The smallest absolute Gasteiger partial charge is 0.304 e. The number of carboxylic acid groups (broad SMARTS) is 1. The molecular weight excluding hydrogens is 242 g/mol. The van der Waals surface area contributed by atoms with Crippen LogP contribution in [0.25, 0.3) is 0 Å². The molecule has 0 fully saturated rings. The number of rotatable bonds is 9. The predicted molar refractivity (Wildman–Crippen MR) is 67.9 cm³/mol. The molecule has 0 rings (SSSR count). The minimum Gasteiger partial charge on any atom is -0.481 e. The summed E-state index contributed by atoms with van der Waals surface area (Å²) in [7, 11) is -2.92. The average molecular weight is 265 g/mol. The van der Waals surface area contributed by atoms with Gasteiger partial charge in [-0.2, -0.15) is 0 Å². The summed E-state index contributed by atoms with van der Waals surface area (Å²) in [4.78, 5) is 12.6. The van der Waals surface area contributed by atoms with Crippen LogP contribution in [0.1, 0.15) is 33.6 Å². The zero-order valence-electron chi connectivity index (χ0n) is 10.8. The van der Waals surface area contributed by atoms with Crippen molar-refractivity contribution in [3.63, 3.8) is 0 Å². The van der Waals surface area contributed by atoms with Crippen molar-refractivity contribution < 1.29 is 18.3 Å². The molecule has 0 aromatic carbocycles. The molecule has 0 aromatic heterocycles. The lowest BCUT2D eigenvalue weighted by Crippen LogP contribution is -2.36. The third-order valence-electron chi connectivity index (χ3n) is 2.84. The highest BCUT2D eigenvalue weighted by molar-refractivity contribution is 7.91. The first-order chi connectivity index (χ1) is 7.82. The molecule has 0 bridgehead atoms. The molecule has 0 heterocycles. The molecule has 0 aromatic rings. The van der Waals surface area contributed by atoms with Gasteiger partial charge in [0.15, 0.2) is 0 Å². The van der Waals surface area contributed by atoms with E-state index in [9.17, 15) is 13.2 Å². The van der Waals surface area contributed by atoms with Crippen LogP contribution in [0.3, 0.4) is 0 Å². The summed E-state index contributed by atoms with van der Waals surface area (Å²) in [5, 5.41) is 8.70. The summed E-state index contributed by atoms with van der Waals surface area (Å²) < 4.78 is 22.6. The molecule has 0 saturated carbocycles. The molecule has 0 aliphatic carbocycles. The fraction of sp³-hybridized carbons (Fsp3) is 0.909. The van der Waals surface area contributed by atoms with Crippen LogP contribution in [-0.2, 0) is 14.6 Å². The number of aliphatic carboxylic acids is 1. The Hall–Kier alpha value is -0.620. The number of hydrogen-bond donors (Lipinski definition) is 1. The van der Waals surface area contributed by atoms with E-state index >= 15 is 0 Å².